The highest BCUT2D eigenvalue weighted by molar-refractivity contribution is 9.10. The van der Waals surface area contributed by atoms with E-state index >= 15 is 0 Å². The predicted molar refractivity (Wildman–Crippen MR) is 105 cm³/mol. The van der Waals surface area contributed by atoms with E-state index in [-0.39, 0.29) is 5.91 Å². The monoisotopic (exact) mass is 435 g/mol. The Bertz CT molecular complexity index is 914. The van der Waals surface area contributed by atoms with Crippen LogP contribution in [0.15, 0.2) is 71.2 Å². The highest BCUT2D eigenvalue weighted by Gasteiger charge is 2.11. The zero-order valence-corrected chi connectivity index (χ0v) is 15.9. The minimum absolute atomic E-state index is 0.227. The maximum atomic E-state index is 12.3. The van der Waals surface area contributed by atoms with Gasteiger partial charge in [0.1, 0.15) is 11.5 Å². The minimum atomic E-state index is -0.227. The first-order valence-electron chi connectivity index (χ1n) is 7.32. The Morgan fingerprint density at radius 1 is 0.960 bits per heavy atom. The molecule has 0 saturated heterocycles. The van der Waals surface area contributed by atoms with Gasteiger partial charge in [0, 0.05) is 15.2 Å². The summed E-state index contributed by atoms with van der Waals surface area (Å²) in [5, 5.41) is 3.83. The van der Waals surface area contributed by atoms with Gasteiger partial charge in [0.25, 0.3) is 5.91 Å². The Balaban J connectivity index is 1.74. The molecule has 0 radical (unpaired) electrons. The van der Waals surface area contributed by atoms with Gasteiger partial charge in [-0.2, -0.15) is 0 Å². The van der Waals surface area contributed by atoms with Crippen molar-refractivity contribution in [1.82, 2.24) is 0 Å². The second-order valence-corrected chi connectivity index (χ2v) is 6.83. The highest BCUT2D eigenvalue weighted by Crippen LogP contribution is 2.32. The van der Waals surface area contributed by atoms with Crippen LogP contribution in [0.25, 0.3) is 0 Å². The smallest absolute Gasteiger partial charge is 0.256 e. The van der Waals surface area contributed by atoms with Crippen LogP contribution >= 0.6 is 39.1 Å². The zero-order chi connectivity index (χ0) is 17.8. The molecular formula is C19H12BrCl2NO2. The van der Waals surface area contributed by atoms with Gasteiger partial charge in [-0.3, -0.25) is 4.79 Å². The van der Waals surface area contributed by atoms with Crippen molar-refractivity contribution in [3.05, 3.63) is 86.8 Å². The number of anilines is 1. The molecule has 1 amide bonds. The Labute approximate surface area is 163 Å². The second kappa shape index (κ2) is 7.91. The van der Waals surface area contributed by atoms with Gasteiger partial charge in [-0.15, -0.1) is 0 Å². The van der Waals surface area contributed by atoms with Crippen molar-refractivity contribution >= 4 is 50.7 Å². The van der Waals surface area contributed by atoms with Crippen LogP contribution in [0.2, 0.25) is 10.0 Å². The summed E-state index contributed by atoms with van der Waals surface area (Å²) in [5.74, 6) is 0.883. The summed E-state index contributed by atoms with van der Waals surface area (Å²) in [5.41, 5.74) is 1.12. The summed E-state index contributed by atoms with van der Waals surface area (Å²) in [6, 6.07) is 19.2. The number of rotatable bonds is 4. The molecule has 0 saturated carbocycles. The standard InChI is InChI=1S/C19H12BrCl2NO2/c20-16-4-2-1-3-15(16)19(24)23-13-7-10-18(17(22)11-13)25-14-8-5-12(21)6-9-14/h1-11H,(H,23,24). The second-order valence-electron chi connectivity index (χ2n) is 5.14. The third kappa shape index (κ3) is 4.54. The number of nitrogens with one attached hydrogen (secondary N) is 1. The van der Waals surface area contributed by atoms with E-state index in [0.29, 0.717) is 32.8 Å². The fourth-order valence-corrected chi connectivity index (χ4v) is 2.94. The molecule has 0 spiro atoms. The topological polar surface area (TPSA) is 38.3 Å². The predicted octanol–water partition coefficient (Wildman–Crippen LogP) is 6.80. The van der Waals surface area contributed by atoms with Crippen LogP contribution in [0.5, 0.6) is 11.5 Å². The molecule has 1 N–H and O–H groups in total. The van der Waals surface area contributed by atoms with Crippen LogP contribution in [0.1, 0.15) is 10.4 Å². The Morgan fingerprint density at radius 3 is 2.36 bits per heavy atom. The number of halogens is 3. The average Bonchev–Trinajstić information content (AvgIpc) is 2.59. The first-order chi connectivity index (χ1) is 12.0. The number of carbonyl (C=O) groups excluding carboxylic acids is 1. The molecule has 126 valence electrons. The maximum absolute atomic E-state index is 12.3. The van der Waals surface area contributed by atoms with Gasteiger partial charge in [-0.25, -0.2) is 0 Å². The summed E-state index contributed by atoms with van der Waals surface area (Å²) in [6.07, 6.45) is 0. The van der Waals surface area contributed by atoms with Crippen molar-refractivity contribution in [3.8, 4) is 11.5 Å². The molecule has 0 atom stereocenters. The first-order valence-corrected chi connectivity index (χ1v) is 8.86. The van der Waals surface area contributed by atoms with Gasteiger partial charge in [-0.05, 0) is 70.5 Å². The molecule has 0 aliphatic carbocycles. The molecule has 6 heteroatoms. The van der Waals surface area contributed by atoms with Crippen molar-refractivity contribution in [2.24, 2.45) is 0 Å². The molecule has 0 heterocycles. The van der Waals surface area contributed by atoms with Crippen LogP contribution in [0.4, 0.5) is 5.69 Å². The first kappa shape index (κ1) is 17.8. The van der Waals surface area contributed by atoms with E-state index in [1.165, 1.54) is 0 Å². The van der Waals surface area contributed by atoms with E-state index in [1.807, 2.05) is 12.1 Å². The van der Waals surface area contributed by atoms with Gasteiger partial charge < -0.3 is 10.1 Å². The number of amides is 1. The zero-order valence-electron chi connectivity index (χ0n) is 12.8. The highest BCUT2D eigenvalue weighted by atomic mass is 79.9. The normalized spacial score (nSPS) is 10.4. The molecule has 3 aromatic carbocycles. The van der Waals surface area contributed by atoms with Crippen molar-refractivity contribution in [2.45, 2.75) is 0 Å². The molecule has 0 aliphatic heterocycles. The van der Waals surface area contributed by atoms with Crippen LogP contribution < -0.4 is 10.1 Å². The number of hydrogen-bond acceptors (Lipinski definition) is 2. The molecule has 0 fully saturated rings. The quantitative estimate of drug-likeness (QED) is 0.488. The minimum Gasteiger partial charge on any atom is -0.456 e. The lowest BCUT2D eigenvalue weighted by Crippen LogP contribution is -2.12. The van der Waals surface area contributed by atoms with E-state index in [2.05, 4.69) is 21.2 Å². The summed E-state index contributed by atoms with van der Waals surface area (Å²) in [7, 11) is 0. The number of benzene rings is 3. The lowest BCUT2D eigenvalue weighted by molar-refractivity contribution is 0.102. The summed E-state index contributed by atoms with van der Waals surface area (Å²) in [4.78, 5) is 12.3. The summed E-state index contributed by atoms with van der Waals surface area (Å²) >= 11 is 15.5. The molecule has 0 unspecified atom stereocenters. The van der Waals surface area contributed by atoms with Crippen LogP contribution in [0.3, 0.4) is 0 Å². The Hall–Kier alpha value is -2.01. The van der Waals surface area contributed by atoms with Crippen molar-refractivity contribution in [1.29, 1.82) is 0 Å². The van der Waals surface area contributed by atoms with E-state index in [9.17, 15) is 4.79 Å². The van der Waals surface area contributed by atoms with Crippen LogP contribution in [-0.2, 0) is 0 Å². The van der Waals surface area contributed by atoms with Gasteiger partial charge in [-0.1, -0.05) is 35.3 Å². The molecule has 0 aliphatic rings. The van der Waals surface area contributed by atoms with Crippen molar-refractivity contribution in [2.75, 3.05) is 5.32 Å². The number of hydrogen-bond donors (Lipinski definition) is 1. The summed E-state index contributed by atoms with van der Waals surface area (Å²) < 4.78 is 6.44. The fraction of sp³-hybridized carbons (Fsp3) is 0. The third-order valence-electron chi connectivity index (χ3n) is 3.35. The molecule has 3 rings (SSSR count). The lowest BCUT2D eigenvalue weighted by atomic mass is 10.2. The SMILES string of the molecule is O=C(Nc1ccc(Oc2ccc(Cl)cc2)c(Cl)c1)c1ccccc1Br. The molecule has 3 aromatic rings. The number of ether oxygens (including phenoxy) is 1. The third-order valence-corrected chi connectivity index (χ3v) is 4.59. The van der Waals surface area contributed by atoms with Crippen LogP contribution in [0, 0.1) is 0 Å². The Kier molecular flexibility index (Phi) is 5.63. The molecule has 0 aromatic heterocycles. The summed E-state index contributed by atoms with van der Waals surface area (Å²) in [6.45, 7) is 0. The molecule has 25 heavy (non-hydrogen) atoms. The van der Waals surface area contributed by atoms with Gasteiger partial charge >= 0.3 is 0 Å². The Morgan fingerprint density at radius 2 is 1.68 bits per heavy atom. The largest absolute Gasteiger partial charge is 0.456 e. The van der Waals surface area contributed by atoms with Gasteiger partial charge in [0.2, 0.25) is 0 Å². The van der Waals surface area contributed by atoms with Gasteiger partial charge in [0.05, 0.1) is 10.6 Å². The van der Waals surface area contributed by atoms with Crippen molar-refractivity contribution < 1.29 is 9.53 Å². The molecular weight excluding hydrogens is 425 g/mol. The lowest BCUT2D eigenvalue weighted by Gasteiger charge is -2.11. The molecule has 3 nitrogen and oxygen atoms in total. The maximum Gasteiger partial charge on any atom is 0.256 e. The van der Waals surface area contributed by atoms with E-state index < -0.39 is 0 Å². The number of carbonyl (C=O) groups is 1. The van der Waals surface area contributed by atoms with Gasteiger partial charge in [0.15, 0.2) is 0 Å². The van der Waals surface area contributed by atoms with E-state index in [1.54, 1.807) is 54.6 Å². The molecule has 0 bridgehead atoms. The fourth-order valence-electron chi connectivity index (χ4n) is 2.13. The average molecular weight is 437 g/mol. The van der Waals surface area contributed by atoms with E-state index in [0.717, 1.165) is 4.47 Å². The van der Waals surface area contributed by atoms with Crippen LogP contribution in [-0.4, -0.2) is 5.91 Å². The van der Waals surface area contributed by atoms with Crippen molar-refractivity contribution in [3.63, 3.8) is 0 Å². The van der Waals surface area contributed by atoms with E-state index in [4.69, 9.17) is 27.9 Å².